The highest BCUT2D eigenvalue weighted by atomic mass is 16.1. The van der Waals surface area contributed by atoms with Gasteiger partial charge in [0.05, 0.1) is 0 Å². The molecule has 0 unspecified atom stereocenters. The van der Waals surface area contributed by atoms with Gasteiger partial charge in [0.2, 0.25) is 0 Å². The van der Waals surface area contributed by atoms with Crippen LogP contribution in [-0.4, -0.2) is 23.1 Å². The van der Waals surface area contributed by atoms with E-state index >= 15 is 0 Å². The van der Waals surface area contributed by atoms with Crippen molar-refractivity contribution >= 4 is 23.1 Å². The van der Waals surface area contributed by atoms with Crippen LogP contribution in [0.15, 0.2) is 199 Å². The van der Waals surface area contributed by atoms with Crippen molar-refractivity contribution in [1.29, 1.82) is 0 Å². The maximum Gasteiger partial charge on any atom is 0.155 e. The third-order valence-electron chi connectivity index (χ3n) is 12.4. The largest absolute Gasteiger partial charge is 0.300 e. The van der Waals surface area contributed by atoms with Crippen LogP contribution in [0.25, 0.3) is 0 Å². The molecule has 0 radical (unpaired) electrons. The minimum Gasteiger partial charge on any atom is -0.300 e. The maximum absolute atomic E-state index is 10.7. The van der Waals surface area contributed by atoms with Crippen molar-refractivity contribution in [3.63, 3.8) is 0 Å². The quantitative estimate of drug-likeness (QED) is 0.156. The Balaban J connectivity index is -0.000000815. The van der Waals surface area contributed by atoms with Gasteiger partial charge in [-0.05, 0) is 206 Å². The van der Waals surface area contributed by atoms with Gasteiger partial charge in [-0.2, -0.15) is 0 Å². The molecule has 0 amide bonds. The van der Waals surface area contributed by atoms with Crippen molar-refractivity contribution in [2.24, 2.45) is 0 Å². The predicted molar refractivity (Wildman–Crippen MR) is 347 cm³/mol. The molecule has 4 nitrogen and oxygen atoms in total. The summed E-state index contributed by atoms with van der Waals surface area (Å²) in [6.07, 6.45) is 3.76. The third kappa shape index (κ3) is 44.4. The first-order valence-corrected chi connectivity index (χ1v) is 27.6. The highest BCUT2D eigenvalue weighted by Gasteiger charge is 2.04. The summed E-state index contributed by atoms with van der Waals surface area (Å²) in [5.41, 5.74) is 20.3. The molecule has 0 saturated heterocycles. The van der Waals surface area contributed by atoms with Gasteiger partial charge in [-0.15, -0.1) is 0 Å². The molecule has 0 aliphatic rings. The van der Waals surface area contributed by atoms with Crippen LogP contribution in [0.2, 0.25) is 0 Å². The van der Waals surface area contributed by atoms with Gasteiger partial charge in [0.1, 0.15) is 11.6 Å². The molecule has 0 saturated carbocycles. The molecule has 0 spiro atoms. The summed E-state index contributed by atoms with van der Waals surface area (Å²) < 4.78 is 0. The molecule has 426 valence electrons. The fraction of sp³-hybridized carbons (Fsp3) is 0.333. The number of Topliss-reactive ketones (excluding diaryl/α,β-unsaturated/α-hetero) is 4. The molecule has 0 aliphatic carbocycles. The van der Waals surface area contributed by atoms with Gasteiger partial charge in [-0.25, -0.2) is 0 Å². The molecule has 0 aliphatic heterocycles. The van der Waals surface area contributed by atoms with E-state index in [2.05, 4.69) is 260 Å². The summed E-state index contributed by atoms with van der Waals surface area (Å²) in [5.74, 6) is 0.441. The van der Waals surface area contributed by atoms with E-state index in [1.807, 2.05) is 33.8 Å². The molecule has 0 bridgehead atoms. The molecule has 7 aromatic carbocycles. The monoisotopic (exact) mass is 1070 g/mol. The fourth-order valence-corrected chi connectivity index (χ4v) is 5.69. The van der Waals surface area contributed by atoms with Crippen LogP contribution in [0.3, 0.4) is 0 Å². The zero-order chi connectivity index (χ0) is 60.9. The summed E-state index contributed by atoms with van der Waals surface area (Å²) in [7, 11) is 0. The molecule has 0 heterocycles. The van der Waals surface area contributed by atoms with Crippen molar-refractivity contribution in [1.82, 2.24) is 0 Å². The molecule has 7 rings (SSSR count). The zero-order valence-electron chi connectivity index (χ0n) is 53.1. The van der Waals surface area contributed by atoms with E-state index in [0.717, 1.165) is 17.6 Å². The van der Waals surface area contributed by atoms with E-state index in [1.54, 1.807) is 26.8 Å². The SMILES string of the molecule is C/C=C(/CC(C)=O)C(C)=O.CC(=O)C(C)=C(C)C.CCC(C)=O.CCc1ccccc1.Cc1ccc(C)cc1.Cc1ccc(C)cc1.Cc1ccccc1C.Cc1ccccc1C.Cc1ccccc1C.Cc1ccccc1C. The summed E-state index contributed by atoms with van der Waals surface area (Å²) in [4.78, 5) is 41.6. The van der Waals surface area contributed by atoms with Crippen LogP contribution in [0.5, 0.6) is 0 Å². The van der Waals surface area contributed by atoms with Crippen molar-refractivity contribution in [3.8, 4) is 0 Å². The number of allylic oxidation sites excluding steroid dienone is 4. The lowest BCUT2D eigenvalue weighted by atomic mass is 10.1. The van der Waals surface area contributed by atoms with Gasteiger partial charge < -0.3 is 4.79 Å². The maximum atomic E-state index is 10.7. The van der Waals surface area contributed by atoms with Crippen molar-refractivity contribution in [3.05, 3.63) is 271 Å². The lowest BCUT2D eigenvalue weighted by Gasteiger charge is -1.96. The number of ketones is 4. The molecule has 4 heteroatoms. The van der Waals surface area contributed by atoms with Gasteiger partial charge in [0.25, 0.3) is 0 Å². The van der Waals surface area contributed by atoms with Crippen LogP contribution in [0, 0.1) is 83.1 Å². The van der Waals surface area contributed by atoms with Crippen LogP contribution in [0.4, 0.5) is 0 Å². The van der Waals surface area contributed by atoms with E-state index < -0.39 is 0 Å². The van der Waals surface area contributed by atoms with Gasteiger partial charge in [-0.1, -0.05) is 224 Å². The Morgan fingerprint density at radius 3 is 0.658 bits per heavy atom. The van der Waals surface area contributed by atoms with Crippen molar-refractivity contribution in [2.75, 3.05) is 0 Å². The topological polar surface area (TPSA) is 68.3 Å². The van der Waals surface area contributed by atoms with Crippen LogP contribution >= 0.6 is 0 Å². The Hall–Kier alpha value is -7.30. The average Bonchev–Trinajstić information content (AvgIpc) is 3.42. The summed E-state index contributed by atoms with van der Waals surface area (Å²) >= 11 is 0. The van der Waals surface area contributed by atoms with Gasteiger partial charge in [0.15, 0.2) is 11.6 Å². The fourth-order valence-electron chi connectivity index (χ4n) is 5.69. The number of aryl methyl sites for hydroxylation is 13. The van der Waals surface area contributed by atoms with Crippen LogP contribution in [0.1, 0.15) is 154 Å². The summed E-state index contributed by atoms with van der Waals surface area (Å²) in [5, 5.41) is 0. The Morgan fingerprint density at radius 1 is 0.329 bits per heavy atom. The second kappa shape index (κ2) is 46.8. The Labute approximate surface area is 482 Å². The minimum atomic E-state index is -0.0160. The average molecular weight is 1070 g/mol. The Kier molecular flexibility index (Phi) is 45.0. The lowest BCUT2D eigenvalue weighted by Crippen LogP contribution is -2.01. The smallest absolute Gasteiger partial charge is 0.155 e. The third-order valence-corrected chi connectivity index (χ3v) is 12.4. The van der Waals surface area contributed by atoms with E-state index in [0.29, 0.717) is 12.0 Å². The molecule has 0 N–H and O–H groups in total. The van der Waals surface area contributed by atoms with Gasteiger partial charge in [0, 0.05) is 12.8 Å². The number of carbonyl (C=O) groups excluding carboxylic acids is 4. The van der Waals surface area contributed by atoms with Gasteiger partial charge >= 0.3 is 0 Å². The number of hydrogen-bond donors (Lipinski definition) is 0. The predicted octanol–water partition coefficient (Wildman–Crippen LogP) is 20.5. The zero-order valence-corrected chi connectivity index (χ0v) is 53.1. The molecular formula is C75H102O4. The highest BCUT2D eigenvalue weighted by molar-refractivity contribution is 5.98. The van der Waals surface area contributed by atoms with Crippen LogP contribution < -0.4 is 0 Å². The number of hydrogen-bond acceptors (Lipinski definition) is 4. The van der Waals surface area contributed by atoms with E-state index in [9.17, 15) is 19.2 Å². The van der Waals surface area contributed by atoms with Crippen LogP contribution in [-0.2, 0) is 25.6 Å². The van der Waals surface area contributed by atoms with E-state index in [4.69, 9.17) is 0 Å². The first-order chi connectivity index (χ1) is 37.1. The minimum absolute atomic E-state index is 0.0160. The molecular weight excluding hydrogens is 965 g/mol. The number of rotatable bonds is 6. The van der Waals surface area contributed by atoms with E-state index in [1.165, 1.54) is 86.2 Å². The first-order valence-electron chi connectivity index (χ1n) is 27.6. The second-order valence-corrected chi connectivity index (χ2v) is 20.0. The highest BCUT2D eigenvalue weighted by Crippen LogP contribution is 2.07. The van der Waals surface area contributed by atoms with Crippen molar-refractivity contribution in [2.45, 2.75) is 172 Å². The number of carbonyl (C=O) groups is 4. The number of benzene rings is 7. The first kappa shape index (κ1) is 75.9. The summed E-state index contributed by atoms with van der Waals surface area (Å²) in [6.45, 7) is 43.0. The second-order valence-electron chi connectivity index (χ2n) is 20.0. The molecule has 0 aromatic heterocycles. The molecule has 79 heavy (non-hydrogen) atoms. The summed E-state index contributed by atoms with van der Waals surface area (Å²) in [6, 6.07) is 60.8. The van der Waals surface area contributed by atoms with Gasteiger partial charge in [-0.3, -0.25) is 14.4 Å². The molecule has 7 aromatic rings. The molecule has 0 atom stereocenters. The normalized spacial score (nSPS) is 9.32. The molecule has 0 fully saturated rings. The van der Waals surface area contributed by atoms with Crippen molar-refractivity contribution < 1.29 is 19.2 Å². The Morgan fingerprint density at radius 2 is 0.557 bits per heavy atom. The lowest BCUT2D eigenvalue weighted by molar-refractivity contribution is -0.119. The standard InChI is InChI=1S/C8H12O2.7C8H10.C7H12O.C4H8O/c1-4-8(7(3)10)5-6(2)9;2*1-7-3-5-8(2)6-4-7;4*1-7-5-3-4-6-8(7)2;1-2-8-6-4-3-5-7-8;1-5(2)6(3)7(4)8;1-3-4(2)5/h4H,5H2,1-3H3;6*3-6H,1-2H3;3-7H,2H2,1H3;1-4H3;3H2,1-2H3/b8-4-;;;;;;;;;. The Bertz CT molecular complexity index is 2460. The van der Waals surface area contributed by atoms with E-state index in [-0.39, 0.29) is 29.6 Å².